The van der Waals surface area contributed by atoms with Gasteiger partial charge in [-0.2, -0.15) is 0 Å². The van der Waals surface area contributed by atoms with Gasteiger partial charge in [0.15, 0.2) is 11.6 Å². The van der Waals surface area contributed by atoms with E-state index < -0.39 is 35.2 Å². The van der Waals surface area contributed by atoms with Crippen LogP contribution in [0.1, 0.15) is 39.4 Å². The maximum atomic E-state index is 13.1. The first kappa shape index (κ1) is 15.6. The highest BCUT2D eigenvalue weighted by Crippen LogP contribution is 2.25. The van der Waals surface area contributed by atoms with Crippen molar-refractivity contribution in [1.82, 2.24) is 0 Å². The molecule has 106 valence electrons. The highest BCUT2D eigenvalue weighted by molar-refractivity contribution is 5.73. The molecule has 3 nitrogen and oxygen atoms in total. The molecule has 0 aliphatic heterocycles. The van der Waals surface area contributed by atoms with Gasteiger partial charge in [-0.05, 0) is 45.4 Å². The lowest BCUT2D eigenvalue weighted by Gasteiger charge is -2.24. The molecule has 2 atom stereocenters. The second-order valence-corrected chi connectivity index (χ2v) is 5.44. The molecule has 0 aliphatic carbocycles. The van der Waals surface area contributed by atoms with E-state index in [0.717, 1.165) is 12.1 Å². The number of aliphatic hydroxyl groups is 1. The van der Waals surface area contributed by atoms with Crippen molar-refractivity contribution < 1.29 is 23.4 Å². The number of benzene rings is 1. The lowest BCUT2D eigenvalue weighted by molar-refractivity contribution is -0.163. The monoisotopic (exact) mass is 272 g/mol. The molecule has 2 unspecified atom stereocenters. The molecule has 0 heterocycles. The largest absolute Gasteiger partial charge is 0.460 e. The van der Waals surface area contributed by atoms with Crippen molar-refractivity contribution in [3.63, 3.8) is 0 Å². The van der Waals surface area contributed by atoms with Gasteiger partial charge in [0.25, 0.3) is 0 Å². The normalized spacial score (nSPS) is 14.9. The van der Waals surface area contributed by atoms with Crippen LogP contribution < -0.4 is 0 Å². The number of hydrogen-bond acceptors (Lipinski definition) is 3. The van der Waals surface area contributed by atoms with Crippen LogP contribution in [0.2, 0.25) is 0 Å². The van der Waals surface area contributed by atoms with E-state index >= 15 is 0 Å². The minimum absolute atomic E-state index is 0.136. The topological polar surface area (TPSA) is 46.5 Å². The number of aliphatic hydroxyl groups excluding tert-OH is 1. The second kappa shape index (κ2) is 5.65. The summed E-state index contributed by atoms with van der Waals surface area (Å²) in [6.45, 7) is 6.60. The Labute approximate surface area is 111 Å². The standard InChI is InChI=1S/C14H18F2O3/c1-8(13(18)19-14(2,3)4)12(17)9-5-6-10(15)11(16)7-9/h5-8,12,17H,1-4H3. The SMILES string of the molecule is CC(C(=O)OC(C)(C)C)C(O)c1ccc(F)c(F)c1. The molecule has 0 spiro atoms. The summed E-state index contributed by atoms with van der Waals surface area (Å²) in [4.78, 5) is 11.8. The third-order valence-corrected chi connectivity index (χ3v) is 2.54. The van der Waals surface area contributed by atoms with Crippen LogP contribution in [-0.4, -0.2) is 16.7 Å². The molecule has 0 saturated carbocycles. The summed E-state index contributed by atoms with van der Waals surface area (Å²) in [6, 6.07) is 3.03. The number of rotatable bonds is 3. The first-order valence-corrected chi connectivity index (χ1v) is 5.97. The van der Waals surface area contributed by atoms with E-state index in [0.29, 0.717) is 0 Å². The molecule has 1 aromatic rings. The van der Waals surface area contributed by atoms with Crippen molar-refractivity contribution in [1.29, 1.82) is 0 Å². The molecule has 0 aliphatic rings. The third kappa shape index (κ3) is 4.28. The molecule has 5 heteroatoms. The maximum Gasteiger partial charge on any atom is 0.312 e. The molecule has 1 N–H and O–H groups in total. The molecule has 1 rings (SSSR count). The van der Waals surface area contributed by atoms with Crippen molar-refractivity contribution in [2.24, 2.45) is 5.92 Å². The molecular formula is C14H18F2O3. The van der Waals surface area contributed by atoms with Crippen molar-refractivity contribution in [2.45, 2.75) is 39.4 Å². The lowest BCUT2D eigenvalue weighted by atomic mass is 9.97. The summed E-state index contributed by atoms with van der Waals surface area (Å²) >= 11 is 0. The number of halogens is 2. The molecule has 0 radical (unpaired) electrons. The molecule has 0 bridgehead atoms. The van der Waals surface area contributed by atoms with E-state index in [1.165, 1.54) is 13.0 Å². The van der Waals surface area contributed by atoms with Crippen LogP contribution in [0.3, 0.4) is 0 Å². The van der Waals surface area contributed by atoms with E-state index in [4.69, 9.17) is 4.74 Å². The molecule has 0 saturated heterocycles. The number of hydrogen-bond donors (Lipinski definition) is 1. The highest BCUT2D eigenvalue weighted by atomic mass is 19.2. The number of carbonyl (C=O) groups excluding carboxylic acids is 1. The molecule has 1 aromatic carbocycles. The Kier molecular flexibility index (Phi) is 4.63. The average molecular weight is 272 g/mol. The Morgan fingerprint density at radius 2 is 1.84 bits per heavy atom. The van der Waals surface area contributed by atoms with Crippen LogP contribution in [-0.2, 0) is 9.53 Å². The smallest absolute Gasteiger partial charge is 0.312 e. The van der Waals surface area contributed by atoms with Crippen LogP contribution in [0, 0.1) is 17.6 Å². The fraction of sp³-hybridized carbons (Fsp3) is 0.500. The molecule has 0 fully saturated rings. The van der Waals surface area contributed by atoms with Gasteiger partial charge in [0.2, 0.25) is 0 Å². The third-order valence-electron chi connectivity index (χ3n) is 2.54. The average Bonchev–Trinajstić information content (AvgIpc) is 2.28. The van der Waals surface area contributed by atoms with Crippen molar-refractivity contribution in [3.8, 4) is 0 Å². The van der Waals surface area contributed by atoms with E-state index in [2.05, 4.69) is 0 Å². The summed E-state index contributed by atoms with van der Waals surface area (Å²) in [7, 11) is 0. The van der Waals surface area contributed by atoms with Gasteiger partial charge in [0, 0.05) is 0 Å². The zero-order valence-electron chi connectivity index (χ0n) is 11.4. The zero-order chi connectivity index (χ0) is 14.8. The predicted molar refractivity (Wildman–Crippen MR) is 66.3 cm³/mol. The number of ether oxygens (including phenoxy) is 1. The maximum absolute atomic E-state index is 13.1. The minimum Gasteiger partial charge on any atom is -0.460 e. The van der Waals surface area contributed by atoms with Crippen molar-refractivity contribution >= 4 is 5.97 Å². The summed E-state index contributed by atoms with van der Waals surface area (Å²) in [5.74, 6) is -3.53. The molecule has 0 aromatic heterocycles. The van der Waals surface area contributed by atoms with Crippen LogP contribution in [0.5, 0.6) is 0 Å². The highest BCUT2D eigenvalue weighted by Gasteiger charge is 2.28. The number of carbonyl (C=O) groups is 1. The van der Waals surface area contributed by atoms with Gasteiger partial charge in [-0.15, -0.1) is 0 Å². The minimum atomic E-state index is -1.25. The Hall–Kier alpha value is -1.49. The van der Waals surface area contributed by atoms with Gasteiger partial charge in [-0.25, -0.2) is 8.78 Å². The van der Waals surface area contributed by atoms with E-state index in [1.807, 2.05) is 0 Å². The fourth-order valence-corrected chi connectivity index (χ4v) is 1.51. The van der Waals surface area contributed by atoms with Gasteiger partial charge in [0.05, 0.1) is 12.0 Å². The van der Waals surface area contributed by atoms with Crippen LogP contribution in [0.15, 0.2) is 18.2 Å². The van der Waals surface area contributed by atoms with Gasteiger partial charge in [0.1, 0.15) is 5.60 Å². The second-order valence-electron chi connectivity index (χ2n) is 5.44. The van der Waals surface area contributed by atoms with Crippen LogP contribution in [0.25, 0.3) is 0 Å². The summed E-state index contributed by atoms with van der Waals surface area (Å²) in [5.41, 5.74) is -0.531. The Morgan fingerprint density at radius 1 is 1.26 bits per heavy atom. The van der Waals surface area contributed by atoms with E-state index in [1.54, 1.807) is 20.8 Å². The van der Waals surface area contributed by atoms with Gasteiger partial charge in [-0.1, -0.05) is 6.07 Å². The number of esters is 1. The first-order chi connectivity index (χ1) is 8.61. The molecule has 19 heavy (non-hydrogen) atoms. The lowest BCUT2D eigenvalue weighted by Crippen LogP contribution is -2.30. The molecule has 0 amide bonds. The van der Waals surface area contributed by atoms with Gasteiger partial charge in [-0.3, -0.25) is 4.79 Å². The van der Waals surface area contributed by atoms with Crippen LogP contribution in [0.4, 0.5) is 8.78 Å². The summed E-state index contributed by atoms with van der Waals surface area (Å²) in [5, 5.41) is 9.98. The zero-order valence-corrected chi connectivity index (χ0v) is 11.4. The summed E-state index contributed by atoms with van der Waals surface area (Å²) in [6.07, 6.45) is -1.25. The van der Waals surface area contributed by atoms with E-state index in [9.17, 15) is 18.7 Å². The summed E-state index contributed by atoms with van der Waals surface area (Å²) < 4.78 is 31.0. The Balaban J connectivity index is 2.84. The Bertz CT molecular complexity index is 466. The Morgan fingerprint density at radius 3 is 2.32 bits per heavy atom. The van der Waals surface area contributed by atoms with Crippen molar-refractivity contribution in [2.75, 3.05) is 0 Å². The van der Waals surface area contributed by atoms with Gasteiger partial charge >= 0.3 is 5.97 Å². The first-order valence-electron chi connectivity index (χ1n) is 5.97. The fourth-order valence-electron chi connectivity index (χ4n) is 1.51. The quantitative estimate of drug-likeness (QED) is 0.860. The molecular weight excluding hydrogens is 254 g/mol. The van der Waals surface area contributed by atoms with Gasteiger partial charge < -0.3 is 9.84 Å². The van der Waals surface area contributed by atoms with E-state index in [-0.39, 0.29) is 5.56 Å². The van der Waals surface area contributed by atoms with Crippen LogP contribution >= 0.6 is 0 Å². The predicted octanol–water partition coefficient (Wildman–Crippen LogP) is 2.98. The van der Waals surface area contributed by atoms with Crippen molar-refractivity contribution in [3.05, 3.63) is 35.4 Å².